The van der Waals surface area contributed by atoms with Crippen molar-refractivity contribution in [3.8, 4) is 0 Å². The first-order valence-electron chi connectivity index (χ1n) is 9.26. The lowest BCUT2D eigenvalue weighted by Crippen LogP contribution is -2.35. The number of para-hydroxylation sites is 2. The zero-order chi connectivity index (χ0) is 18.3. The number of aromatic nitrogens is 1. The van der Waals surface area contributed by atoms with E-state index in [2.05, 4.69) is 85.0 Å². The number of nitrogens with one attached hydrogen (secondary N) is 1. The topological polar surface area (TPSA) is 28.3 Å². The number of fused-ring (bicyclic) bond motifs is 2. The molecule has 26 heavy (non-hydrogen) atoms. The molecule has 1 aliphatic heterocycles. The minimum Gasteiger partial charge on any atom is -0.497 e. The Bertz CT molecular complexity index is 954. The van der Waals surface area contributed by atoms with Crippen LogP contribution in [0.1, 0.15) is 37.9 Å². The summed E-state index contributed by atoms with van der Waals surface area (Å²) in [6.45, 7) is 12.2. The quantitative estimate of drug-likeness (QED) is 0.613. The smallest absolute Gasteiger partial charge is 0.108 e. The lowest BCUT2D eigenvalue weighted by molar-refractivity contribution is 0.224. The van der Waals surface area contributed by atoms with Crippen molar-refractivity contribution in [3.05, 3.63) is 78.2 Å². The molecule has 3 aromatic rings. The molecule has 1 aromatic heterocycles. The Balaban J connectivity index is 1.86. The maximum Gasteiger partial charge on any atom is 0.108 e. The summed E-state index contributed by atoms with van der Waals surface area (Å²) < 4.78 is 5.70. The van der Waals surface area contributed by atoms with Crippen molar-refractivity contribution in [2.45, 2.75) is 32.2 Å². The number of H-pyrrole nitrogens is 1. The number of benzene rings is 2. The van der Waals surface area contributed by atoms with Crippen molar-refractivity contribution in [3.63, 3.8) is 0 Å². The van der Waals surface area contributed by atoms with Gasteiger partial charge in [-0.3, -0.25) is 0 Å². The summed E-state index contributed by atoms with van der Waals surface area (Å²) in [5, 5.41) is 1.28. The highest BCUT2D eigenvalue weighted by Gasteiger charge is 2.46. The van der Waals surface area contributed by atoms with E-state index in [-0.39, 0.29) is 11.5 Å². The van der Waals surface area contributed by atoms with Gasteiger partial charge in [-0.25, -0.2) is 0 Å². The maximum atomic E-state index is 5.70. The predicted octanol–water partition coefficient (Wildman–Crippen LogP) is 5.56. The van der Waals surface area contributed by atoms with Crippen molar-refractivity contribution in [1.29, 1.82) is 0 Å². The van der Waals surface area contributed by atoms with Crippen LogP contribution in [0.4, 0.5) is 5.69 Å². The van der Waals surface area contributed by atoms with Crippen molar-refractivity contribution in [2.24, 2.45) is 0 Å². The Hall–Kier alpha value is -2.68. The molecule has 1 atom stereocenters. The van der Waals surface area contributed by atoms with Crippen LogP contribution >= 0.6 is 0 Å². The molecule has 0 saturated heterocycles. The molecule has 4 rings (SSSR count). The van der Waals surface area contributed by atoms with E-state index in [1.165, 1.54) is 27.7 Å². The number of nitrogens with zero attached hydrogens (tertiary/aromatic N) is 1. The first kappa shape index (κ1) is 16.8. The van der Waals surface area contributed by atoms with Gasteiger partial charge < -0.3 is 14.6 Å². The molecule has 0 aliphatic carbocycles. The lowest BCUT2D eigenvalue weighted by Gasteiger charge is -2.35. The van der Waals surface area contributed by atoms with Gasteiger partial charge in [0.05, 0.1) is 19.2 Å². The first-order chi connectivity index (χ1) is 12.5. The minimum atomic E-state index is -0.0198. The first-order valence-corrected chi connectivity index (χ1v) is 9.26. The molecule has 0 spiro atoms. The normalized spacial score (nSPS) is 18.1. The molecule has 0 bridgehead atoms. The highest BCUT2D eigenvalue weighted by atomic mass is 16.5. The highest BCUT2D eigenvalue weighted by Crippen LogP contribution is 2.53. The Kier molecular flexibility index (Phi) is 4.03. The van der Waals surface area contributed by atoms with Crippen LogP contribution in [0.5, 0.6) is 0 Å². The summed E-state index contributed by atoms with van der Waals surface area (Å²) in [4.78, 5) is 5.90. The van der Waals surface area contributed by atoms with Crippen LogP contribution in [0.15, 0.2) is 67.1 Å². The van der Waals surface area contributed by atoms with E-state index in [0.717, 1.165) is 5.76 Å². The second-order valence-corrected chi connectivity index (χ2v) is 7.53. The molecule has 1 aliphatic rings. The van der Waals surface area contributed by atoms with Gasteiger partial charge in [0.1, 0.15) is 5.76 Å². The standard InChI is InChI=1S/C23H26N2O/c1-5-26-16(2)15-25-21-13-9-7-11-19(21)23(3,4)22(25)18-14-24-20-12-8-6-10-17(18)20/h6-14,22,24H,2,5,15H2,1,3-4H3. The SMILES string of the molecule is C=C(CN1c2ccccc2C(C)(C)C1c1c[nH]c2ccccc12)OCC. The molecular formula is C23H26N2O. The zero-order valence-electron chi connectivity index (χ0n) is 15.8. The van der Waals surface area contributed by atoms with Crippen LogP contribution in [-0.2, 0) is 10.2 Å². The maximum absolute atomic E-state index is 5.70. The Morgan fingerprint density at radius 3 is 2.69 bits per heavy atom. The molecule has 0 fully saturated rings. The van der Waals surface area contributed by atoms with Gasteiger partial charge in [0, 0.05) is 33.8 Å². The number of hydrogen-bond acceptors (Lipinski definition) is 2. The van der Waals surface area contributed by atoms with Crippen LogP contribution in [0.3, 0.4) is 0 Å². The summed E-state index contributed by atoms with van der Waals surface area (Å²) in [7, 11) is 0. The molecule has 134 valence electrons. The average Bonchev–Trinajstić information content (AvgIpc) is 3.13. The Morgan fingerprint density at radius 1 is 1.15 bits per heavy atom. The third-order valence-electron chi connectivity index (χ3n) is 5.51. The van der Waals surface area contributed by atoms with Gasteiger partial charge >= 0.3 is 0 Å². The van der Waals surface area contributed by atoms with E-state index in [9.17, 15) is 0 Å². The molecule has 1 unspecified atom stereocenters. The van der Waals surface area contributed by atoms with Gasteiger partial charge in [-0.1, -0.05) is 56.8 Å². The Morgan fingerprint density at radius 2 is 1.88 bits per heavy atom. The van der Waals surface area contributed by atoms with Gasteiger partial charge in [-0.2, -0.15) is 0 Å². The van der Waals surface area contributed by atoms with Crippen LogP contribution in [0.25, 0.3) is 10.9 Å². The third-order valence-corrected chi connectivity index (χ3v) is 5.51. The fourth-order valence-electron chi connectivity index (χ4n) is 4.44. The number of anilines is 1. The van der Waals surface area contributed by atoms with E-state index in [0.29, 0.717) is 13.2 Å². The third kappa shape index (κ3) is 2.50. The predicted molar refractivity (Wildman–Crippen MR) is 109 cm³/mol. The monoisotopic (exact) mass is 346 g/mol. The summed E-state index contributed by atoms with van der Waals surface area (Å²) in [5.74, 6) is 0.810. The fraction of sp³-hybridized carbons (Fsp3) is 0.304. The minimum absolute atomic E-state index is 0.0198. The molecule has 0 saturated carbocycles. The lowest BCUT2D eigenvalue weighted by atomic mass is 9.77. The summed E-state index contributed by atoms with van der Waals surface area (Å²) in [6.07, 6.45) is 2.17. The summed E-state index contributed by atoms with van der Waals surface area (Å²) in [6, 6.07) is 17.5. The van der Waals surface area contributed by atoms with Gasteiger partial charge in [0.15, 0.2) is 0 Å². The molecule has 2 aromatic carbocycles. The van der Waals surface area contributed by atoms with Crippen molar-refractivity contribution < 1.29 is 4.74 Å². The molecular weight excluding hydrogens is 320 g/mol. The summed E-state index contributed by atoms with van der Waals surface area (Å²) >= 11 is 0. The van der Waals surface area contributed by atoms with E-state index in [1.807, 2.05) is 6.92 Å². The molecule has 0 amide bonds. The average molecular weight is 346 g/mol. The molecule has 1 N–H and O–H groups in total. The van der Waals surface area contributed by atoms with Gasteiger partial charge in [-0.05, 0) is 24.6 Å². The molecule has 3 nitrogen and oxygen atoms in total. The zero-order valence-corrected chi connectivity index (χ0v) is 15.8. The van der Waals surface area contributed by atoms with E-state index < -0.39 is 0 Å². The molecule has 0 radical (unpaired) electrons. The van der Waals surface area contributed by atoms with Gasteiger partial charge in [-0.15, -0.1) is 0 Å². The Labute approximate surface area is 155 Å². The number of ether oxygens (including phenoxy) is 1. The van der Waals surface area contributed by atoms with Crippen LogP contribution in [-0.4, -0.2) is 18.1 Å². The van der Waals surface area contributed by atoms with Crippen LogP contribution in [0, 0.1) is 0 Å². The van der Waals surface area contributed by atoms with Crippen molar-refractivity contribution in [1.82, 2.24) is 4.98 Å². The van der Waals surface area contributed by atoms with Crippen LogP contribution in [0.2, 0.25) is 0 Å². The highest BCUT2D eigenvalue weighted by molar-refractivity contribution is 5.85. The van der Waals surface area contributed by atoms with E-state index in [4.69, 9.17) is 4.74 Å². The van der Waals surface area contributed by atoms with Gasteiger partial charge in [0.2, 0.25) is 0 Å². The number of hydrogen-bond donors (Lipinski definition) is 1. The number of aromatic amines is 1. The fourth-order valence-corrected chi connectivity index (χ4v) is 4.44. The second kappa shape index (κ2) is 6.24. The van der Waals surface area contributed by atoms with Crippen LogP contribution < -0.4 is 4.90 Å². The van der Waals surface area contributed by atoms with E-state index in [1.54, 1.807) is 0 Å². The largest absolute Gasteiger partial charge is 0.497 e. The molecule has 3 heteroatoms. The van der Waals surface area contributed by atoms with Gasteiger partial charge in [0.25, 0.3) is 0 Å². The van der Waals surface area contributed by atoms with Crippen molar-refractivity contribution in [2.75, 3.05) is 18.1 Å². The van der Waals surface area contributed by atoms with E-state index >= 15 is 0 Å². The molecule has 2 heterocycles. The second-order valence-electron chi connectivity index (χ2n) is 7.53. The summed E-state index contributed by atoms with van der Waals surface area (Å²) in [5.41, 5.74) is 5.13. The van der Waals surface area contributed by atoms with Crippen molar-refractivity contribution >= 4 is 16.6 Å². The number of rotatable bonds is 5.